The van der Waals surface area contributed by atoms with Crippen LogP contribution in [0.4, 0.5) is 0 Å². The van der Waals surface area contributed by atoms with Gasteiger partial charge < -0.3 is 5.11 Å². The molecule has 0 unspecified atom stereocenters. The van der Waals surface area contributed by atoms with Crippen molar-refractivity contribution in [3.63, 3.8) is 0 Å². The summed E-state index contributed by atoms with van der Waals surface area (Å²) in [7, 11) is 0. The Bertz CT molecular complexity index is 803. The monoisotopic (exact) mass is 286 g/mol. The van der Waals surface area contributed by atoms with Gasteiger partial charge in [-0.1, -0.05) is 23.7 Å². The van der Waals surface area contributed by atoms with E-state index in [1.54, 1.807) is 48.5 Å². The summed E-state index contributed by atoms with van der Waals surface area (Å²) in [5.74, 6) is 0.122. The third kappa shape index (κ3) is 2.21. The molecular weight excluding hydrogens is 276 g/mol. The number of nitrogens with zero attached hydrogens (tertiary/aromatic N) is 1. The molecule has 20 heavy (non-hydrogen) atoms. The highest BCUT2D eigenvalue weighted by molar-refractivity contribution is 6.30. The summed E-state index contributed by atoms with van der Waals surface area (Å²) in [6.07, 6.45) is 0. The Morgan fingerprint density at radius 2 is 1.75 bits per heavy atom. The van der Waals surface area contributed by atoms with Crippen molar-refractivity contribution in [2.75, 3.05) is 0 Å². The molecule has 0 bridgehead atoms. The van der Waals surface area contributed by atoms with Gasteiger partial charge in [-0.05, 0) is 36.4 Å². The Hall–Kier alpha value is -2.46. The minimum atomic E-state index is -0.203. The topological polar surface area (TPSA) is 58.0 Å². The van der Waals surface area contributed by atoms with Gasteiger partial charge in [-0.25, -0.2) is 4.68 Å². The number of aromatic hydroxyl groups is 1. The maximum absolute atomic E-state index is 12.0. The number of hydrogen-bond donors (Lipinski definition) is 2. The number of phenolic OH excluding ortho intramolecular Hbond substituents is 1. The molecule has 0 atom stereocenters. The molecule has 3 rings (SSSR count). The van der Waals surface area contributed by atoms with Crippen molar-refractivity contribution < 1.29 is 5.11 Å². The van der Waals surface area contributed by atoms with Gasteiger partial charge in [-0.15, -0.1) is 0 Å². The SMILES string of the molecule is O=c1cc(-c2ccccc2O)[nH]n1-c1ccc(Cl)cc1. The summed E-state index contributed by atoms with van der Waals surface area (Å²) < 4.78 is 1.40. The van der Waals surface area contributed by atoms with Gasteiger partial charge in [0.1, 0.15) is 5.75 Å². The Kier molecular flexibility index (Phi) is 3.08. The highest BCUT2D eigenvalue weighted by atomic mass is 35.5. The zero-order chi connectivity index (χ0) is 14.1. The van der Waals surface area contributed by atoms with Crippen LogP contribution in [-0.2, 0) is 0 Å². The van der Waals surface area contributed by atoms with Crippen molar-refractivity contribution in [2.45, 2.75) is 0 Å². The normalized spacial score (nSPS) is 10.7. The molecule has 4 nitrogen and oxygen atoms in total. The quantitative estimate of drug-likeness (QED) is 0.760. The molecule has 0 saturated heterocycles. The third-order valence-corrected chi connectivity index (χ3v) is 3.25. The Balaban J connectivity index is 2.10. The van der Waals surface area contributed by atoms with Gasteiger partial charge in [0.15, 0.2) is 0 Å². The van der Waals surface area contributed by atoms with Crippen molar-refractivity contribution in [1.29, 1.82) is 0 Å². The predicted octanol–water partition coefficient (Wildman–Crippen LogP) is 3.19. The van der Waals surface area contributed by atoms with Crippen molar-refractivity contribution in [3.8, 4) is 22.7 Å². The van der Waals surface area contributed by atoms with Gasteiger partial charge in [0.25, 0.3) is 5.56 Å². The highest BCUT2D eigenvalue weighted by Crippen LogP contribution is 2.26. The maximum atomic E-state index is 12.0. The maximum Gasteiger partial charge on any atom is 0.271 e. The molecule has 0 aliphatic carbocycles. The van der Waals surface area contributed by atoms with E-state index in [2.05, 4.69) is 5.10 Å². The molecule has 5 heteroatoms. The summed E-state index contributed by atoms with van der Waals surface area (Å²) in [5.41, 5.74) is 1.62. The average molecular weight is 287 g/mol. The van der Waals surface area contributed by atoms with Crippen LogP contribution in [0.2, 0.25) is 5.02 Å². The van der Waals surface area contributed by atoms with Crippen molar-refractivity contribution >= 4 is 11.6 Å². The number of para-hydroxylation sites is 1. The summed E-state index contributed by atoms with van der Waals surface area (Å²) in [5, 5.41) is 13.4. The van der Waals surface area contributed by atoms with Crippen LogP contribution in [0.25, 0.3) is 16.9 Å². The van der Waals surface area contributed by atoms with Crippen molar-refractivity contribution in [1.82, 2.24) is 9.78 Å². The van der Waals surface area contributed by atoms with Gasteiger partial charge in [0.2, 0.25) is 0 Å². The molecule has 2 aromatic carbocycles. The molecule has 0 saturated carbocycles. The molecule has 0 aliphatic rings. The number of hydrogen-bond acceptors (Lipinski definition) is 2. The molecule has 0 amide bonds. The zero-order valence-electron chi connectivity index (χ0n) is 10.4. The second-order valence-electron chi connectivity index (χ2n) is 4.34. The lowest BCUT2D eigenvalue weighted by Crippen LogP contribution is -2.13. The lowest BCUT2D eigenvalue weighted by molar-refractivity contribution is 0.477. The molecule has 1 heterocycles. The fourth-order valence-electron chi connectivity index (χ4n) is 2.02. The first-order valence-corrected chi connectivity index (χ1v) is 6.39. The van der Waals surface area contributed by atoms with E-state index in [-0.39, 0.29) is 11.3 Å². The second-order valence-corrected chi connectivity index (χ2v) is 4.77. The minimum Gasteiger partial charge on any atom is -0.507 e. The average Bonchev–Trinajstić information content (AvgIpc) is 2.82. The molecule has 3 aromatic rings. The number of aromatic amines is 1. The summed E-state index contributed by atoms with van der Waals surface area (Å²) in [6, 6.07) is 15.2. The molecule has 1 aromatic heterocycles. The van der Waals surface area contributed by atoms with Crippen LogP contribution in [0, 0.1) is 0 Å². The van der Waals surface area contributed by atoms with Crippen LogP contribution in [0.3, 0.4) is 0 Å². The number of nitrogens with one attached hydrogen (secondary N) is 1. The predicted molar refractivity (Wildman–Crippen MR) is 78.5 cm³/mol. The van der Waals surface area contributed by atoms with Crippen LogP contribution in [0.5, 0.6) is 5.75 Å². The van der Waals surface area contributed by atoms with Crippen LogP contribution in [0.15, 0.2) is 59.4 Å². The molecule has 0 fully saturated rings. The molecule has 100 valence electrons. The number of halogens is 1. The number of aromatic nitrogens is 2. The van der Waals surface area contributed by atoms with Crippen molar-refractivity contribution in [2.24, 2.45) is 0 Å². The van der Waals surface area contributed by atoms with Gasteiger partial charge >= 0.3 is 0 Å². The van der Waals surface area contributed by atoms with E-state index in [1.807, 2.05) is 0 Å². The Morgan fingerprint density at radius 3 is 2.45 bits per heavy atom. The van der Waals surface area contributed by atoms with E-state index in [0.29, 0.717) is 22.0 Å². The first kappa shape index (κ1) is 12.6. The van der Waals surface area contributed by atoms with Gasteiger partial charge in [-0.2, -0.15) is 0 Å². The third-order valence-electron chi connectivity index (χ3n) is 3.00. The lowest BCUT2D eigenvalue weighted by atomic mass is 10.1. The molecule has 2 N–H and O–H groups in total. The van der Waals surface area contributed by atoms with E-state index in [1.165, 1.54) is 10.7 Å². The largest absolute Gasteiger partial charge is 0.507 e. The minimum absolute atomic E-state index is 0.122. The smallest absolute Gasteiger partial charge is 0.271 e. The summed E-state index contributed by atoms with van der Waals surface area (Å²) >= 11 is 5.83. The first-order valence-electron chi connectivity index (χ1n) is 6.01. The number of rotatable bonds is 2. The van der Waals surface area contributed by atoms with Crippen molar-refractivity contribution in [3.05, 3.63) is 70.0 Å². The Labute approximate surface area is 119 Å². The number of H-pyrrole nitrogens is 1. The van der Waals surface area contributed by atoms with E-state index in [9.17, 15) is 9.90 Å². The molecule has 0 aliphatic heterocycles. The fourth-order valence-corrected chi connectivity index (χ4v) is 2.14. The van der Waals surface area contributed by atoms with Gasteiger partial charge in [0.05, 0.1) is 11.4 Å². The molecular formula is C15H11ClN2O2. The highest BCUT2D eigenvalue weighted by Gasteiger charge is 2.09. The van der Waals surface area contributed by atoms with E-state index in [0.717, 1.165) is 0 Å². The van der Waals surface area contributed by atoms with Crippen LogP contribution in [-0.4, -0.2) is 14.9 Å². The van der Waals surface area contributed by atoms with Crippen LogP contribution in [0.1, 0.15) is 0 Å². The van der Waals surface area contributed by atoms with Crippen LogP contribution >= 0.6 is 11.6 Å². The van der Waals surface area contributed by atoms with Gasteiger partial charge in [0, 0.05) is 16.7 Å². The van der Waals surface area contributed by atoms with E-state index < -0.39 is 0 Å². The number of phenols is 1. The van der Waals surface area contributed by atoms with Crippen LogP contribution < -0.4 is 5.56 Å². The number of benzene rings is 2. The van der Waals surface area contributed by atoms with E-state index >= 15 is 0 Å². The Morgan fingerprint density at radius 1 is 1.05 bits per heavy atom. The standard InChI is InChI=1S/C15H11ClN2O2/c16-10-5-7-11(8-6-10)18-15(20)9-13(17-18)12-3-1-2-4-14(12)19/h1-9,17,19H. The summed E-state index contributed by atoms with van der Waals surface area (Å²) in [4.78, 5) is 12.0. The fraction of sp³-hybridized carbons (Fsp3) is 0. The molecule has 0 spiro atoms. The second kappa shape index (κ2) is 4.90. The summed E-state index contributed by atoms with van der Waals surface area (Å²) in [6.45, 7) is 0. The van der Waals surface area contributed by atoms with Gasteiger partial charge in [-0.3, -0.25) is 9.89 Å². The first-order chi connectivity index (χ1) is 9.65. The van der Waals surface area contributed by atoms with E-state index in [4.69, 9.17) is 11.6 Å². The zero-order valence-corrected chi connectivity index (χ0v) is 11.1. The lowest BCUT2D eigenvalue weighted by Gasteiger charge is -2.03. The molecule has 0 radical (unpaired) electrons.